The third-order valence-electron chi connectivity index (χ3n) is 4.42. The Morgan fingerprint density at radius 2 is 1.89 bits per heavy atom. The van der Waals surface area contributed by atoms with Gasteiger partial charge in [-0.25, -0.2) is 9.67 Å². The van der Waals surface area contributed by atoms with Crippen LogP contribution in [0.25, 0.3) is 16.7 Å². The summed E-state index contributed by atoms with van der Waals surface area (Å²) in [4.78, 5) is 17.3. The summed E-state index contributed by atoms with van der Waals surface area (Å²) in [5, 5.41) is 15.4. The van der Waals surface area contributed by atoms with Gasteiger partial charge in [0, 0.05) is 17.1 Å². The number of hydrogen-bond donors (Lipinski definition) is 1. The van der Waals surface area contributed by atoms with Gasteiger partial charge in [-0.3, -0.25) is 4.79 Å². The second kappa shape index (κ2) is 6.57. The molecule has 0 amide bonds. The van der Waals surface area contributed by atoms with Crippen LogP contribution in [0.15, 0.2) is 60.8 Å². The number of nitrogens with zero attached hydrogens (tertiary/aromatic N) is 3. The number of pyridine rings is 1. The van der Waals surface area contributed by atoms with Gasteiger partial charge in [0.25, 0.3) is 0 Å². The van der Waals surface area contributed by atoms with Gasteiger partial charge in [0.2, 0.25) is 0 Å². The minimum absolute atomic E-state index is 0.0994. The van der Waals surface area contributed by atoms with E-state index in [1.807, 2.05) is 37.3 Å². The second-order valence-electron chi connectivity index (χ2n) is 6.14. The molecule has 1 N–H and O–H groups in total. The van der Waals surface area contributed by atoms with Gasteiger partial charge in [0.1, 0.15) is 11.5 Å². The highest BCUT2D eigenvalue weighted by Gasteiger charge is 2.18. The number of para-hydroxylation sites is 1. The number of ether oxygens (including phenoxy) is 1. The highest BCUT2D eigenvalue weighted by Crippen LogP contribution is 2.27. The van der Waals surface area contributed by atoms with Crippen molar-refractivity contribution in [2.24, 2.45) is 0 Å². The SMILES string of the molecule is COc1ccc(O)c(C(=O)c2cnc3c(c2)c(C)nn3-c2ccccc2)c1. The average molecular weight is 359 g/mol. The maximum Gasteiger partial charge on any atom is 0.198 e. The van der Waals surface area contributed by atoms with Crippen molar-refractivity contribution < 1.29 is 14.6 Å². The minimum Gasteiger partial charge on any atom is -0.507 e. The van der Waals surface area contributed by atoms with Crippen LogP contribution in [0.4, 0.5) is 0 Å². The number of carbonyl (C=O) groups is 1. The summed E-state index contributed by atoms with van der Waals surface area (Å²) >= 11 is 0. The van der Waals surface area contributed by atoms with Gasteiger partial charge in [0.15, 0.2) is 11.4 Å². The summed E-state index contributed by atoms with van der Waals surface area (Å²) in [7, 11) is 1.51. The molecule has 2 aromatic heterocycles. The predicted octanol–water partition coefficient (Wildman–Crippen LogP) is 3.67. The Balaban J connectivity index is 1.81. The fourth-order valence-electron chi connectivity index (χ4n) is 3.00. The van der Waals surface area contributed by atoms with E-state index in [1.165, 1.54) is 25.4 Å². The molecule has 0 spiro atoms. The maximum absolute atomic E-state index is 12.9. The van der Waals surface area contributed by atoms with Crippen molar-refractivity contribution in [3.05, 3.63) is 77.6 Å². The lowest BCUT2D eigenvalue weighted by Crippen LogP contribution is -2.04. The van der Waals surface area contributed by atoms with Gasteiger partial charge in [-0.2, -0.15) is 5.10 Å². The molecular weight excluding hydrogens is 342 g/mol. The molecule has 0 aliphatic rings. The van der Waals surface area contributed by atoms with E-state index >= 15 is 0 Å². The average Bonchev–Trinajstić information content (AvgIpc) is 3.04. The molecular formula is C21H17N3O3. The molecule has 0 saturated carbocycles. The molecule has 0 unspecified atom stereocenters. The Labute approximate surface area is 155 Å². The molecule has 0 fully saturated rings. The molecule has 4 aromatic rings. The van der Waals surface area contributed by atoms with Crippen molar-refractivity contribution >= 4 is 16.8 Å². The van der Waals surface area contributed by atoms with Crippen molar-refractivity contribution in [3.8, 4) is 17.2 Å². The van der Waals surface area contributed by atoms with Crippen LogP contribution in [0.2, 0.25) is 0 Å². The first-order valence-electron chi connectivity index (χ1n) is 8.41. The fourth-order valence-corrected chi connectivity index (χ4v) is 3.00. The van der Waals surface area contributed by atoms with E-state index in [-0.39, 0.29) is 17.1 Å². The molecule has 0 saturated heterocycles. The lowest BCUT2D eigenvalue weighted by Gasteiger charge is -2.07. The number of aryl methyl sites for hydroxylation is 1. The molecule has 0 radical (unpaired) electrons. The number of rotatable bonds is 4. The van der Waals surface area contributed by atoms with Gasteiger partial charge in [-0.05, 0) is 43.3 Å². The normalized spacial score (nSPS) is 10.9. The molecule has 134 valence electrons. The first kappa shape index (κ1) is 16.8. The second-order valence-corrected chi connectivity index (χ2v) is 6.14. The van der Waals surface area contributed by atoms with Crippen molar-refractivity contribution in [2.45, 2.75) is 6.92 Å². The summed E-state index contributed by atoms with van der Waals surface area (Å²) in [6.45, 7) is 1.88. The molecule has 0 atom stereocenters. The molecule has 0 aliphatic heterocycles. The van der Waals surface area contributed by atoms with E-state index in [0.717, 1.165) is 16.8 Å². The van der Waals surface area contributed by atoms with Crippen molar-refractivity contribution in [1.29, 1.82) is 0 Å². The lowest BCUT2D eigenvalue weighted by molar-refractivity contribution is 0.103. The predicted molar refractivity (Wildman–Crippen MR) is 102 cm³/mol. The molecule has 2 heterocycles. The minimum atomic E-state index is -0.326. The zero-order valence-electron chi connectivity index (χ0n) is 14.9. The number of aromatic hydroxyl groups is 1. The monoisotopic (exact) mass is 359 g/mol. The number of benzene rings is 2. The van der Waals surface area contributed by atoms with Crippen LogP contribution < -0.4 is 4.74 Å². The van der Waals surface area contributed by atoms with Gasteiger partial charge in [-0.1, -0.05) is 18.2 Å². The highest BCUT2D eigenvalue weighted by atomic mass is 16.5. The molecule has 0 aliphatic carbocycles. The van der Waals surface area contributed by atoms with E-state index in [9.17, 15) is 9.90 Å². The molecule has 27 heavy (non-hydrogen) atoms. The zero-order valence-corrected chi connectivity index (χ0v) is 14.9. The van der Waals surface area contributed by atoms with E-state index in [4.69, 9.17) is 4.74 Å². The number of carbonyl (C=O) groups excluding carboxylic acids is 1. The fraction of sp³-hybridized carbons (Fsp3) is 0.0952. The lowest BCUT2D eigenvalue weighted by atomic mass is 10.0. The standard InChI is InChI=1S/C21H17N3O3/c1-13-17-10-14(20(26)18-11-16(27-2)8-9-19(18)25)12-22-21(17)24(23-13)15-6-4-3-5-7-15/h3-12,25H,1-2H3. The van der Waals surface area contributed by atoms with Crippen LogP contribution in [0.3, 0.4) is 0 Å². The Morgan fingerprint density at radius 3 is 2.63 bits per heavy atom. The van der Waals surface area contributed by atoms with Crippen molar-refractivity contribution in [1.82, 2.24) is 14.8 Å². The molecule has 6 heteroatoms. The quantitative estimate of drug-likeness (QED) is 0.563. The summed E-state index contributed by atoms with van der Waals surface area (Å²) in [5.74, 6) is 0.0727. The number of ketones is 1. The summed E-state index contributed by atoms with van der Waals surface area (Å²) < 4.78 is 6.90. The third-order valence-corrected chi connectivity index (χ3v) is 4.42. The topological polar surface area (TPSA) is 77.2 Å². The smallest absolute Gasteiger partial charge is 0.198 e. The number of phenolic OH excluding ortho intramolecular Hbond substituents is 1. The Kier molecular flexibility index (Phi) is 4.08. The molecule has 2 aromatic carbocycles. The number of phenols is 1. The number of hydrogen-bond acceptors (Lipinski definition) is 5. The highest BCUT2D eigenvalue weighted by molar-refractivity contribution is 6.12. The van der Waals surface area contributed by atoms with E-state index in [2.05, 4.69) is 10.1 Å². The van der Waals surface area contributed by atoms with Crippen molar-refractivity contribution in [2.75, 3.05) is 7.11 Å². The first-order chi connectivity index (χ1) is 13.1. The van der Waals surface area contributed by atoms with Crippen LogP contribution in [-0.4, -0.2) is 32.8 Å². The number of fused-ring (bicyclic) bond motifs is 1. The van der Waals surface area contributed by atoms with E-state index in [1.54, 1.807) is 16.8 Å². The zero-order chi connectivity index (χ0) is 19.0. The first-order valence-corrected chi connectivity index (χ1v) is 8.41. The van der Waals surface area contributed by atoms with Gasteiger partial charge in [-0.15, -0.1) is 0 Å². The van der Waals surface area contributed by atoms with Crippen molar-refractivity contribution in [3.63, 3.8) is 0 Å². The van der Waals surface area contributed by atoms with E-state index in [0.29, 0.717) is 17.0 Å². The summed E-state index contributed by atoms with van der Waals surface area (Å²) in [6, 6.07) is 16.0. The molecule has 6 nitrogen and oxygen atoms in total. The van der Waals surface area contributed by atoms with Crippen LogP contribution in [-0.2, 0) is 0 Å². The number of aromatic nitrogens is 3. The summed E-state index contributed by atoms with van der Waals surface area (Å²) in [6.07, 6.45) is 1.50. The Hall–Kier alpha value is -3.67. The maximum atomic E-state index is 12.9. The summed E-state index contributed by atoms with van der Waals surface area (Å²) in [5.41, 5.74) is 2.88. The number of methoxy groups -OCH3 is 1. The van der Waals surface area contributed by atoms with Crippen LogP contribution >= 0.6 is 0 Å². The van der Waals surface area contributed by atoms with Gasteiger partial charge < -0.3 is 9.84 Å². The molecule has 4 rings (SSSR count). The van der Waals surface area contributed by atoms with Gasteiger partial charge in [0.05, 0.1) is 24.1 Å². The van der Waals surface area contributed by atoms with E-state index < -0.39 is 0 Å². The van der Waals surface area contributed by atoms with Gasteiger partial charge >= 0.3 is 0 Å². The van der Waals surface area contributed by atoms with Crippen LogP contribution in [0.5, 0.6) is 11.5 Å². The third kappa shape index (κ3) is 2.91. The van der Waals surface area contributed by atoms with Crippen LogP contribution in [0.1, 0.15) is 21.6 Å². The van der Waals surface area contributed by atoms with Crippen LogP contribution in [0, 0.1) is 6.92 Å². The molecule has 0 bridgehead atoms. The largest absolute Gasteiger partial charge is 0.507 e. The Morgan fingerprint density at radius 1 is 1.11 bits per heavy atom. The Bertz CT molecular complexity index is 1150.